The SMILES string of the molecule is Cc1cc(C)c(-n2c(=O)c3c(F)c(F)ncc3c3ncccc32)c(C)c1. The van der Waals surface area contributed by atoms with Crippen LogP contribution in [0.5, 0.6) is 0 Å². The Morgan fingerprint density at radius 1 is 1.04 bits per heavy atom. The monoisotopic (exact) mass is 351 g/mol. The van der Waals surface area contributed by atoms with Gasteiger partial charge in [-0.15, -0.1) is 0 Å². The Bertz CT molecular complexity index is 1240. The number of benzene rings is 1. The number of aryl methyl sites for hydroxylation is 3. The zero-order valence-electron chi connectivity index (χ0n) is 14.5. The molecule has 0 unspecified atom stereocenters. The van der Waals surface area contributed by atoms with E-state index in [0.29, 0.717) is 16.7 Å². The van der Waals surface area contributed by atoms with Crippen molar-refractivity contribution in [2.45, 2.75) is 20.8 Å². The van der Waals surface area contributed by atoms with Crippen molar-refractivity contribution in [1.29, 1.82) is 0 Å². The maximum Gasteiger partial charge on any atom is 0.266 e. The van der Waals surface area contributed by atoms with Gasteiger partial charge in [0, 0.05) is 17.8 Å². The Morgan fingerprint density at radius 2 is 1.73 bits per heavy atom. The van der Waals surface area contributed by atoms with Gasteiger partial charge in [-0.3, -0.25) is 14.3 Å². The van der Waals surface area contributed by atoms with Gasteiger partial charge < -0.3 is 0 Å². The highest BCUT2D eigenvalue weighted by atomic mass is 19.2. The molecule has 0 N–H and O–H groups in total. The minimum absolute atomic E-state index is 0.197. The Labute approximate surface area is 147 Å². The van der Waals surface area contributed by atoms with E-state index in [1.165, 1.54) is 4.57 Å². The standard InChI is InChI=1S/C20H15F2N3O/c1-10-7-11(2)18(12(3)8-10)25-14-5-4-6-23-17(14)13-9-24-19(22)16(21)15(13)20(25)26/h4-9H,1-3H3. The Kier molecular flexibility index (Phi) is 3.57. The van der Waals surface area contributed by atoms with Gasteiger partial charge in [0.2, 0.25) is 5.95 Å². The van der Waals surface area contributed by atoms with E-state index in [2.05, 4.69) is 9.97 Å². The van der Waals surface area contributed by atoms with Gasteiger partial charge in [-0.2, -0.15) is 4.39 Å². The molecule has 0 bridgehead atoms. The lowest BCUT2D eigenvalue weighted by molar-refractivity contribution is 0.487. The molecule has 0 aliphatic carbocycles. The molecule has 0 fully saturated rings. The van der Waals surface area contributed by atoms with E-state index >= 15 is 0 Å². The Morgan fingerprint density at radius 3 is 2.42 bits per heavy atom. The number of halogens is 2. The quantitative estimate of drug-likeness (QED) is 0.383. The Hall–Kier alpha value is -3.15. The first-order valence-corrected chi connectivity index (χ1v) is 8.12. The van der Waals surface area contributed by atoms with Crippen molar-refractivity contribution in [2.24, 2.45) is 0 Å². The third-order valence-corrected chi connectivity index (χ3v) is 4.54. The predicted molar refractivity (Wildman–Crippen MR) is 96.8 cm³/mol. The molecule has 1 aromatic carbocycles. The Balaban J connectivity index is 2.32. The van der Waals surface area contributed by atoms with Crippen LogP contribution in [0.2, 0.25) is 0 Å². The molecule has 6 heteroatoms. The van der Waals surface area contributed by atoms with E-state index in [9.17, 15) is 13.6 Å². The van der Waals surface area contributed by atoms with Gasteiger partial charge in [-0.1, -0.05) is 17.7 Å². The van der Waals surface area contributed by atoms with E-state index in [1.54, 1.807) is 18.3 Å². The molecule has 26 heavy (non-hydrogen) atoms. The predicted octanol–water partition coefficient (Wildman–Crippen LogP) is 4.14. The minimum Gasteiger partial charge on any atom is -0.274 e. The normalized spacial score (nSPS) is 11.4. The summed E-state index contributed by atoms with van der Waals surface area (Å²) in [4.78, 5) is 20.9. The largest absolute Gasteiger partial charge is 0.274 e. The molecular formula is C20H15F2N3O. The second-order valence-corrected chi connectivity index (χ2v) is 6.41. The summed E-state index contributed by atoms with van der Waals surface area (Å²) in [7, 11) is 0. The number of pyridine rings is 3. The highest BCUT2D eigenvalue weighted by Gasteiger charge is 2.21. The van der Waals surface area contributed by atoms with Crippen LogP contribution in [0.3, 0.4) is 0 Å². The third kappa shape index (κ3) is 2.22. The molecule has 3 heterocycles. The minimum atomic E-state index is -1.30. The van der Waals surface area contributed by atoms with Crippen molar-refractivity contribution in [3.05, 3.63) is 75.5 Å². The highest BCUT2D eigenvalue weighted by Crippen LogP contribution is 2.28. The van der Waals surface area contributed by atoms with Gasteiger partial charge in [0.25, 0.3) is 5.56 Å². The molecule has 0 aliphatic heterocycles. The number of rotatable bonds is 1. The van der Waals surface area contributed by atoms with E-state index < -0.39 is 17.3 Å². The van der Waals surface area contributed by atoms with Crippen molar-refractivity contribution in [2.75, 3.05) is 0 Å². The van der Waals surface area contributed by atoms with Crippen LogP contribution in [-0.4, -0.2) is 14.5 Å². The first-order valence-electron chi connectivity index (χ1n) is 8.12. The lowest BCUT2D eigenvalue weighted by Gasteiger charge is -2.17. The van der Waals surface area contributed by atoms with Gasteiger partial charge in [0.1, 0.15) is 0 Å². The molecule has 4 aromatic rings. The van der Waals surface area contributed by atoms with Gasteiger partial charge in [-0.25, -0.2) is 9.37 Å². The lowest BCUT2D eigenvalue weighted by atomic mass is 10.0. The second kappa shape index (κ2) is 5.69. The highest BCUT2D eigenvalue weighted by molar-refractivity contribution is 6.03. The van der Waals surface area contributed by atoms with Crippen molar-refractivity contribution in [3.63, 3.8) is 0 Å². The summed E-state index contributed by atoms with van der Waals surface area (Å²) in [5.41, 5.74) is 3.72. The first kappa shape index (κ1) is 16.3. The van der Waals surface area contributed by atoms with E-state index in [1.807, 2.05) is 32.9 Å². The number of aromatic nitrogens is 3. The molecule has 0 saturated carbocycles. The summed E-state index contributed by atoms with van der Waals surface area (Å²) >= 11 is 0. The van der Waals surface area contributed by atoms with Crippen LogP contribution in [0.4, 0.5) is 8.78 Å². The number of hydrogen-bond acceptors (Lipinski definition) is 3. The summed E-state index contributed by atoms with van der Waals surface area (Å²) in [5.74, 6) is -2.55. The molecule has 130 valence electrons. The smallest absolute Gasteiger partial charge is 0.266 e. The topological polar surface area (TPSA) is 47.8 Å². The third-order valence-electron chi connectivity index (χ3n) is 4.54. The van der Waals surface area contributed by atoms with E-state index in [-0.39, 0.29) is 10.8 Å². The average molecular weight is 351 g/mol. The molecule has 0 saturated heterocycles. The second-order valence-electron chi connectivity index (χ2n) is 6.41. The molecule has 0 aliphatic rings. The van der Waals surface area contributed by atoms with Crippen molar-refractivity contribution in [1.82, 2.24) is 14.5 Å². The van der Waals surface area contributed by atoms with Crippen LogP contribution < -0.4 is 5.56 Å². The zero-order chi connectivity index (χ0) is 18.6. The maximum atomic E-state index is 14.5. The molecule has 4 rings (SSSR count). The number of fused-ring (bicyclic) bond motifs is 3. The summed E-state index contributed by atoms with van der Waals surface area (Å²) < 4.78 is 29.6. The van der Waals surface area contributed by atoms with Crippen molar-refractivity contribution in [3.8, 4) is 5.69 Å². The molecule has 0 atom stereocenters. The zero-order valence-corrected chi connectivity index (χ0v) is 14.5. The molecule has 4 nitrogen and oxygen atoms in total. The van der Waals surface area contributed by atoms with Gasteiger partial charge in [-0.05, 0) is 44.0 Å². The molecule has 0 radical (unpaired) electrons. The van der Waals surface area contributed by atoms with Crippen molar-refractivity contribution < 1.29 is 8.78 Å². The number of hydrogen-bond donors (Lipinski definition) is 0. The molecule has 0 amide bonds. The lowest BCUT2D eigenvalue weighted by Crippen LogP contribution is -2.22. The van der Waals surface area contributed by atoms with Gasteiger partial charge in [0.05, 0.1) is 22.1 Å². The molecule has 3 aromatic heterocycles. The summed E-state index contributed by atoms with van der Waals surface area (Å²) in [5, 5.41) is -0.147. The molecular weight excluding hydrogens is 336 g/mol. The fourth-order valence-electron chi connectivity index (χ4n) is 3.61. The summed E-state index contributed by atoms with van der Waals surface area (Å²) in [6.07, 6.45) is 2.70. The van der Waals surface area contributed by atoms with E-state index in [0.717, 1.165) is 22.9 Å². The van der Waals surface area contributed by atoms with Crippen LogP contribution in [0, 0.1) is 32.5 Å². The van der Waals surface area contributed by atoms with Crippen LogP contribution in [0.15, 0.2) is 41.5 Å². The fourth-order valence-corrected chi connectivity index (χ4v) is 3.61. The van der Waals surface area contributed by atoms with Gasteiger partial charge >= 0.3 is 0 Å². The summed E-state index contributed by atoms with van der Waals surface area (Å²) in [6, 6.07) is 7.34. The van der Waals surface area contributed by atoms with E-state index in [4.69, 9.17) is 0 Å². The first-order chi connectivity index (χ1) is 12.4. The fraction of sp³-hybridized carbons (Fsp3) is 0.150. The average Bonchev–Trinajstić information content (AvgIpc) is 2.59. The van der Waals surface area contributed by atoms with Crippen LogP contribution in [0.25, 0.3) is 27.5 Å². The van der Waals surface area contributed by atoms with Crippen LogP contribution >= 0.6 is 0 Å². The maximum absolute atomic E-state index is 14.5. The molecule has 0 spiro atoms. The summed E-state index contributed by atoms with van der Waals surface area (Å²) in [6.45, 7) is 5.74. The number of nitrogens with zero attached hydrogens (tertiary/aromatic N) is 3. The van der Waals surface area contributed by atoms with Crippen molar-refractivity contribution >= 4 is 21.8 Å². The van der Waals surface area contributed by atoms with Crippen LogP contribution in [-0.2, 0) is 0 Å². The van der Waals surface area contributed by atoms with Gasteiger partial charge in [0.15, 0.2) is 5.82 Å². The van der Waals surface area contributed by atoms with Crippen LogP contribution in [0.1, 0.15) is 16.7 Å².